The third-order valence-corrected chi connectivity index (χ3v) is 14.7. The van der Waals surface area contributed by atoms with Crippen molar-refractivity contribution in [1.29, 1.82) is 0 Å². The van der Waals surface area contributed by atoms with Crippen LogP contribution >= 0.6 is 7.82 Å². The first-order valence-electron chi connectivity index (χ1n) is 30.7. The Morgan fingerprint density at radius 2 is 0.847 bits per heavy atom. The van der Waals surface area contributed by atoms with Crippen molar-refractivity contribution < 1.29 is 32.9 Å². The highest BCUT2D eigenvalue weighted by Crippen LogP contribution is 2.38. The summed E-state index contributed by atoms with van der Waals surface area (Å²) in [6, 6.07) is -0.893. The number of hydrogen-bond donors (Lipinski definition) is 2. The van der Waals surface area contributed by atoms with Gasteiger partial charge in [0.05, 0.1) is 39.9 Å². The molecule has 0 rings (SSSR count). The Labute approximate surface area is 447 Å². The highest BCUT2D eigenvalue weighted by Gasteiger charge is 2.23. The third kappa shape index (κ3) is 55.9. The van der Waals surface area contributed by atoms with Crippen LogP contribution in [-0.2, 0) is 18.4 Å². The molecule has 0 aliphatic heterocycles. The van der Waals surface area contributed by atoms with Crippen LogP contribution in [0.1, 0.15) is 284 Å². The van der Waals surface area contributed by atoms with Crippen molar-refractivity contribution in [3.05, 3.63) is 60.8 Å². The molecule has 0 aliphatic carbocycles. The standard InChI is InChI=1S/C63H119N2O6P/c1-6-8-10-12-14-16-18-20-22-24-26-28-30-31-32-33-35-36-38-40-42-44-46-48-50-52-54-56-62(66)61(60-71-72(68,69)70-59-58-65(3,4)5)64-63(67)57-55-53-51-49-47-45-43-41-39-37-34-29-27-25-23-21-19-17-15-13-11-9-7-2/h9,11,15,17,21,23,27,29,54,56,61-62,66H,6-8,10,12-14,16,18-20,22,24-26,28,30-53,55,57-60H2,1-5H3,(H-,64,67,68,69)/b11-9-,17-15-,23-21-,29-27-,56-54+. The number of nitrogens with zero attached hydrogens (tertiary/aromatic N) is 1. The molecule has 0 aliphatic rings. The molecule has 0 bridgehead atoms. The number of phosphoric acid groups is 1. The summed E-state index contributed by atoms with van der Waals surface area (Å²) in [6.07, 6.45) is 73.0. The number of likely N-dealkylation sites (N-methyl/N-ethyl adjacent to an activating group) is 1. The summed E-state index contributed by atoms with van der Waals surface area (Å²) in [7, 11) is 1.26. The molecule has 422 valence electrons. The molecule has 0 saturated heterocycles. The van der Waals surface area contributed by atoms with Gasteiger partial charge in [0.2, 0.25) is 5.91 Å². The Bertz CT molecular complexity index is 1360. The lowest BCUT2D eigenvalue weighted by Gasteiger charge is -2.29. The number of carbonyl (C=O) groups is 1. The number of allylic oxidation sites excluding steroid dienone is 9. The Kier molecular flexibility index (Phi) is 52.7. The van der Waals surface area contributed by atoms with E-state index >= 15 is 0 Å². The van der Waals surface area contributed by atoms with Gasteiger partial charge < -0.3 is 28.8 Å². The van der Waals surface area contributed by atoms with E-state index in [4.69, 9.17) is 9.05 Å². The topological polar surface area (TPSA) is 108 Å². The molecule has 0 aromatic carbocycles. The lowest BCUT2D eigenvalue weighted by atomic mass is 10.0. The predicted octanol–water partition coefficient (Wildman–Crippen LogP) is 18.2. The first kappa shape index (κ1) is 70.2. The molecule has 2 N–H and O–H groups in total. The van der Waals surface area contributed by atoms with Crippen LogP contribution in [0.15, 0.2) is 60.8 Å². The Morgan fingerprint density at radius 3 is 1.24 bits per heavy atom. The van der Waals surface area contributed by atoms with Crippen LogP contribution in [0.2, 0.25) is 0 Å². The fourth-order valence-corrected chi connectivity index (χ4v) is 9.69. The van der Waals surface area contributed by atoms with Crippen LogP contribution in [0.4, 0.5) is 0 Å². The van der Waals surface area contributed by atoms with E-state index in [9.17, 15) is 19.4 Å². The number of amides is 1. The van der Waals surface area contributed by atoms with Crippen molar-refractivity contribution in [1.82, 2.24) is 5.32 Å². The molecule has 0 saturated carbocycles. The number of quaternary nitrogens is 1. The molecular formula is C63H119N2O6P. The summed E-state index contributed by atoms with van der Waals surface area (Å²) in [6.45, 7) is 4.56. The summed E-state index contributed by atoms with van der Waals surface area (Å²) >= 11 is 0. The summed E-state index contributed by atoms with van der Waals surface area (Å²) in [5.41, 5.74) is 0. The second-order valence-electron chi connectivity index (χ2n) is 22.0. The van der Waals surface area contributed by atoms with Crippen molar-refractivity contribution in [3.8, 4) is 0 Å². The average Bonchev–Trinajstić information content (AvgIpc) is 3.34. The van der Waals surface area contributed by atoms with Gasteiger partial charge in [-0.1, -0.05) is 280 Å². The fraction of sp³-hybridized carbons (Fsp3) is 0.825. The van der Waals surface area contributed by atoms with Crippen molar-refractivity contribution >= 4 is 13.7 Å². The highest BCUT2D eigenvalue weighted by atomic mass is 31.2. The second-order valence-corrected chi connectivity index (χ2v) is 23.4. The highest BCUT2D eigenvalue weighted by molar-refractivity contribution is 7.45. The number of unbranched alkanes of at least 4 members (excludes halogenated alkanes) is 35. The molecule has 0 heterocycles. The summed E-state index contributed by atoms with van der Waals surface area (Å²) < 4.78 is 23.4. The molecule has 3 unspecified atom stereocenters. The zero-order valence-corrected chi connectivity index (χ0v) is 49.0. The van der Waals surface area contributed by atoms with Gasteiger partial charge in [-0.25, -0.2) is 0 Å². The minimum absolute atomic E-state index is 0.00335. The Hall–Kier alpha value is -1.80. The monoisotopic (exact) mass is 1030 g/mol. The van der Waals surface area contributed by atoms with Crippen molar-refractivity contribution in [3.63, 3.8) is 0 Å². The quantitative estimate of drug-likeness (QED) is 0.0272. The molecule has 8 nitrogen and oxygen atoms in total. The molecule has 0 aromatic rings. The fourth-order valence-electron chi connectivity index (χ4n) is 8.97. The summed E-state index contributed by atoms with van der Waals surface area (Å²) in [5, 5.41) is 13.9. The van der Waals surface area contributed by atoms with Gasteiger partial charge in [-0.05, 0) is 57.8 Å². The molecule has 1 amide bonds. The lowest BCUT2D eigenvalue weighted by Crippen LogP contribution is -2.45. The average molecular weight is 1030 g/mol. The molecule has 72 heavy (non-hydrogen) atoms. The van der Waals surface area contributed by atoms with Gasteiger partial charge in [0.25, 0.3) is 7.82 Å². The van der Waals surface area contributed by atoms with E-state index in [1.54, 1.807) is 6.08 Å². The second kappa shape index (κ2) is 54.0. The number of aliphatic hydroxyl groups is 1. The minimum atomic E-state index is -4.60. The first-order valence-corrected chi connectivity index (χ1v) is 32.1. The third-order valence-electron chi connectivity index (χ3n) is 13.7. The van der Waals surface area contributed by atoms with Crippen LogP contribution in [0, 0.1) is 0 Å². The maximum absolute atomic E-state index is 13.0. The van der Waals surface area contributed by atoms with Gasteiger partial charge in [-0.15, -0.1) is 0 Å². The van der Waals surface area contributed by atoms with Crippen LogP contribution in [0.3, 0.4) is 0 Å². The number of phosphoric ester groups is 1. The van der Waals surface area contributed by atoms with E-state index in [2.05, 4.69) is 67.8 Å². The SMILES string of the molecule is CC/C=C\C/C=C\C/C=C\C/C=C\CCCCCCCCCCCCC(=O)NC(COP(=O)([O-])OCC[N+](C)(C)C)C(O)/C=C/CCCCCCCCCCCCCCCCCCCCCCCCCCC. The maximum Gasteiger partial charge on any atom is 0.268 e. The molecule has 0 fully saturated rings. The molecule has 0 spiro atoms. The largest absolute Gasteiger partial charge is 0.756 e. The van der Waals surface area contributed by atoms with Crippen molar-refractivity contribution in [2.24, 2.45) is 0 Å². The number of carbonyl (C=O) groups excluding carboxylic acids is 1. The molecule has 0 aromatic heterocycles. The van der Waals surface area contributed by atoms with Crippen molar-refractivity contribution in [2.45, 2.75) is 296 Å². The van der Waals surface area contributed by atoms with E-state index in [1.807, 2.05) is 27.2 Å². The van der Waals surface area contributed by atoms with Crippen LogP contribution in [-0.4, -0.2) is 68.5 Å². The van der Waals surface area contributed by atoms with Crippen molar-refractivity contribution in [2.75, 3.05) is 40.9 Å². The van der Waals surface area contributed by atoms with E-state index < -0.39 is 20.0 Å². The van der Waals surface area contributed by atoms with Gasteiger partial charge >= 0.3 is 0 Å². The van der Waals surface area contributed by atoms with Gasteiger partial charge in [0.1, 0.15) is 13.2 Å². The van der Waals surface area contributed by atoms with Crippen LogP contribution in [0.25, 0.3) is 0 Å². The normalized spacial score (nSPS) is 14.3. The van der Waals surface area contributed by atoms with E-state index in [0.717, 1.165) is 64.2 Å². The van der Waals surface area contributed by atoms with Gasteiger partial charge in [0, 0.05) is 6.42 Å². The number of rotatable bonds is 56. The van der Waals surface area contributed by atoms with Gasteiger partial charge in [-0.2, -0.15) is 0 Å². The summed E-state index contributed by atoms with van der Waals surface area (Å²) in [4.78, 5) is 25.5. The number of nitrogens with one attached hydrogen (secondary N) is 1. The number of aliphatic hydroxyl groups excluding tert-OH is 1. The van der Waals surface area contributed by atoms with E-state index in [1.165, 1.54) is 199 Å². The molecule has 3 atom stereocenters. The number of hydrogen-bond acceptors (Lipinski definition) is 6. The first-order chi connectivity index (χ1) is 35.0. The van der Waals surface area contributed by atoms with E-state index in [-0.39, 0.29) is 19.1 Å². The molecule has 9 heteroatoms. The Morgan fingerprint density at radius 1 is 0.500 bits per heavy atom. The Balaban J connectivity index is 4.17. The smallest absolute Gasteiger partial charge is 0.268 e. The van der Waals surface area contributed by atoms with Gasteiger partial charge in [-0.3, -0.25) is 9.36 Å². The predicted molar refractivity (Wildman–Crippen MR) is 311 cm³/mol. The van der Waals surface area contributed by atoms with Crippen LogP contribution in [0.5, 0.6) is 0 Å². The van der Waals surface area contributed by atoms with Gasteiger partial charge in [0.15, 0.2) is 0 Å². The zero-order valence-electron chi connectivity index (χ0n) is 48.1. The zero-order chi connectivity index (χ0) is 52.7. The lowest BCUT2D eigenvalue weighted by molar-refractivity contribution is -0.870. The summed E-state index contributed by atoms with van der Waals surface area (Å²) in [5.74, 6) is -0.201. The molecular weight excluding hydrogens is 912 g/mol. The van der Waals surface area contributed by atoms with E-state index in [0.29, 0.717) is 17.4 Å². The minimum Gasteiger partial charge on any atom is -0.756 e. The van der Waals surface area contributed by atoms with Crippen LogP contribution < -0.4 is 10.2 Å². The maximum atomic E-state index is 13.0. The molecule has 0 radical (unpaired) electrons.